The highest BCUT2D eigenvalue weighted by atomic mass is 79.9. The highest BCUT2D eigenvalue weighted by molar-refractivity contribution is 9.10. The Kier molecular flexibility index (Phi) is 6.25. The van der Waals surface area contributed by atoms with Gasteiger partial charge in [0, 0.05) is 22.0 Å². The maximum atomic E-state index is 10.6. The number of nitrogens with zero attached hydrogens (tertiary/aromatic N) is 4. The zero-order chi connectivity index (χ0) is 25.2. The van der Waals surface area contributed by atoms with Crippen LogP contribution in [0.1, 0.15) is 23.6 Å². The van der Waals surface area contributed by atoms with Crippen LogP contribution in [0.5, 0.6) is 5.75 Å². The van der Waals surface area contributed by atoms with E-state index in [2.05, 4.69) is 40.2 Å². The maximum Gasteiger partial charge on any atom is 0.247 e. The fourth-order valence-electron chi connectivity index (χ4n) is 4.57. The molecule has 1 aromatic heterocycles. The van der Waals surface area contributed by atoms with E-state index in [9.17, 15) is 5.11 Å². The molecule has 1 N–H and O–H groups in total. The SMILES string of the molecule is Oc1ccccc1-c1cc(-c2ccc(Br)cc2)nc(N2N=C(c3ccccc3)C[C@H]2c2ccccc2)n1. The van der Waals surface area contributed by atoms with E-state index in [1.54, 1.807) is 12.1 Å². The number of anilines is 1. The molecule has 5 aromatic rings. The van der Waals surface area contributed by atoms with Crippen LogP contribution >= 0.6 is 15.9 Å². The van der Waals surface area contributed by atoms with Crippen LogP contribution < -0.4 is 5.01 Å². The number of rotatable bonds is 5. The van der Waals surface area contributed by atoms with Gasteiger partial charge in [0.05, 0.1) is 23.1 Å². The van der Waals surface area contributed by atoms with E-state index in [1.807, 2.05) is 83.9 Å². The summed E-state index contributed by atoms with van der Waals surface area (Å²) in [7, 11) is 0. The zero-order valence-electron chi connectivity index (χ0n) is 19.9. The number of benzene rings is 4. The van der Waals surface area contributed by atoms with Crippen molar-refractivity contribution in [3.8, 4) is 28.3 Å². The van der Waals surface area contributed by atoms with Gasteiger partial charge in [-0.3, -0.25) is 0 Å². The number of aromatic nitrogens is 2. The minimum absolute atomic E-state index is 0.0613. The van der Waals surface area contributed by atoms with Gasteiger partial charge in [-0.15, -0.1) is 0 Å². The fraction of sp³-hybridized carbons (Fsp3) is 0.0645. The zero-order valence-corrected chi connectivity index (χ0v) is 21.5. The summed E-state index contributed by atoms with van der Waals surface area (Å²) in [5.74, 6) is 0.655. The molecule has 6 heteroatoms. The molecule has 0 bridgehead atoms. The number of aromatic hydroxyl groups is 1. The molecule has 1 atom stereocenters. The lowest BCUT2D eigenvalue weighted by Gasteiger charge is -2.23. The van der Waals surface area contributed by atoms with E-state index in [4.69, 9.17) is 15.1 Å². The summed E-state index contributed by atoms with van der Waals surface area (Å²) in [4.78, 5) is 9.92. The summed E-state index contributed by atoms with van der Waals surface area (Å²) in [6, 6.07) is 37.7. The topological polar surface area (TPSA) is 61.6 Å². The van der Waals surface area contributed by atoms with Crippen LogP contribution in [0.2, 0.25) is 0 Å². The number of phenols is 1. The van der Waals surface area contributed by atoms with Crippen molar-refractivity contribution in [2.75, 3.05) is 5.01 Å². The van der Waals surface area contributed by atoms with Crippen molar-refractivity contribution in [1.29, 1.82) is 0 Å². The monoisotopic (exact) mass is 546 g/mol. The first-order valence-electron chi connectivity index (χ1n) is 12.1. The summed E-state index contributed by atoms with van der Waals surface area (Å²) in [5, 5.41) is 17.6. The van der Waals surface area contributed by atoms with Gasteiger partial charge in [-0.1, -0.05) is 101 Å². The summed E-state index contributed by atoms with van der Waals surface area (Å²) >= 11 is 3.52. The number of halogens is 1. The van der Waals surface area contributed by atoms with E-state index >= 15 is 0 Å². The first kappa shape index (κ1) is 23.1. The van der Waals surface area contributed by atoms with Gasteiger partial charge in [0.15, 0.2) is 0 Å². The van der Waals surface area contributed by atoms with Crippen molar-refractivity contribution in [3.05, 3.63) is 131 Å². The summed E-state index contributed by atoms with van der Waals surface area (Å²) in [6.07, 6.45) is 0.728. The van der Waals surface area contributed by atoms with E-state index < -0.39 is 0 Å². The predicted octanol–water partition coefficient (Wildman–Crippen LogP) is 7.63. The molecule has 180 valence electrons. The molecule has 0 unspecified atom stereocenters. The molecule has 0 radical (unpaired) electrons. The molecule has 0 saturated heterocycles. The highest BCUT2D eigenvalue weighted by Gasteiger charge is 2.32. The second-order valence-electron chi connectivity index (χ2n) is 8.85. The first-order valence-corrected chi connectivity index (χ1v) is 12.9. The third-order valence-electron chi connectivity index (χ3n) is 6.44. The van der Waals surface area contributed by atoms with Gasteiger partial charge in [0.1, 0.15) is 5.75 Å². The fourth-order valence-corrected chi connectivity index (χ4v) is 4.83. The molecule has 0 saturated carbocycles. The summed E-state index contributed by atoms with van der Waals surface area (Å²) in [5.41, 5.74) is 6.19. The number of hydrazone groups is 1. The summed E-state index contributed by atoms with van der Waals surface area (Å²) < 4.78 is 0.993. The Morgan fingerprint density at radius 1 is 0.703 bits per heavy atom. The molecule has 0 fully saturated rings. The highest BCUT2D eigenvalue weighted by Crippen LogP contribution is 2.38. The molecule has 0 spiro atoms. The Balaban J connectivity index is 1.53. The van der Waals surface area contributed by atoms with Gasteiger partial charge in [0.25, 0.3) is 0 Å². The van der Waals surface area contributed by atoms with Crippen molar-refractivity contribution in [2.24, 2.45) is 5.10 Å². The molecule has 4 aromatic carbocycles. The van der Waals surface area contributed by atoms with Crippen molar-refractivity contribution in [2.45, 2.75) is 12.5 Å². The minimum Gasteiger partial charge on any atom is -0.507 e. The molecule has 0 aliphatic carbocycles. The van der Waals surface area contributed by atoms with Crippen LogP contribution in [0.4, 0.5) is 5.95 Å². The van der Waals surface area contributed by atoms with Gasteiger partial charge in [-0.25, -0.2) is 15.0 Å². The average Bonchev–Trinajstić information content (AvgIpc) is 3.40. The Labute approximate surface area is 223 Å². The molecule has 0 amide bonds. The van der Waals surface area contributed by atoms with Gasteiger partial charge in [-0.05, 0) is 41.5 Å². The quantitative estimate of drug-likeness (QED) is 0.246. The first-order chi connectivity index (χ1) is 18.2. The third-order valence-corrected chi connectivity index (χ3v) is 6.97. The van der Waals surface area contributed by atoms with Crippen LogP contribution in [0.25, 0.3) is 22.5 Å². The van der Waals surface area contributed by atoms with Crippen molar-refractivity contribution in [3.63, 3.8) is 0 Å². The van der Waals surface area contributed by atoms with Crippen molar-refractivity contribution >= 4 is 27.6 Å². The van der Waals surface area contributed by atoms with Gasteiger partial charge >= 0.3 is 0 Å². The Hall–Kier alpha value is -4.29. The molecular formula is C31H23BrN4O. The molecule has 1 aliphatic rings. The van der Waals surface area contributed by atoms with Crippen LogP contribution in [-0.4, -0.2) is 20.8 Å². The molecular weight excluding hydrogens is 524 g/mol. The lowest BCUT2D eigenvalue weighted by molar-refractivity contribution is 0.477. The molecule has 37 heavy (non-hydrogen) atoms. The van der Waals surface area contributed by atoms with Crippen molar-refractivity contribution in [1.82, 2.24) is 9.97 Å². The lowest BCUT2D eigenvalue weighted by atomic mass is 9.98. The minimum atomic E-state index is -0.0613. The van der Waals surface area contributed by atoms with Gasteiger partial charge < -0.3 is 5.11 Å². The maximum absolute atomic E-state index is 10.6. The predicted molar refractivity (Wildman–Crippen MR) is 152 cm³/mol. The molecule has 6 rings (SSSR count). The number of phenolic OH excluding ortho intramolecular Hbond substituents is 1. The van der Waals surface area contributed by atoms with E-state index in [-0.39, 0.29) is 11.8 Å². The number of hydrogen-bond donors (Lipinski definition) is 1. The van der Waals surface area contributed by atoms with Gasteiger partial charge in [0.2, 0.25) is 5.95 Å². The normalized spacial score (nSPS) is 15.0. The van der Waals surface area contributed by atoms with Crippen molar-refractivity contribution < 1.29 is 5.11 Å². The molecule has 5 nitrogen and oxygen atoms in total. The molecule has 1 aliphatic heterocycles. The van der Waals surface area contributed by atoms with Crippen LogP contribution in [0.15, 0.2) is 125 Å². The van der Waals surface area contributed by atoms with Crippen LogP contribution in [0.3, 0.4) is 0 Å². The number of para-hydroxylation sites is 1. The average molecular weight is 547 g/mol. The molecule has 2 heterocycles. The lowest BCUT2D eigenvalue weighted by Crippen LogP contribution is -2.21. The van der Waals surface area contributed by atoms with E-state index in [1.165, 1.54) is 0 Å². The standard InChI is InChI=1S/C31H23BrN4O/c32-24-17-15-22(16-18-24)26-19-28(25-13-7-8-14-30(25)37)34-31(33-26)36-29(23-11-5-2-6-12-23)20-27(35-36)21-9-3-1-4-10-21/h1-19,29,37H,20H2/t29-/m0/s1. The third kappa shape index (κ3) is 4.76. The number of hydrogen-bond acceptors (Lipinski definition) is 5. The van der Waals surface area contributed by atoms with E-state index in [0.717, 1.165) is 39.0 Å². The summed E-state index contributed by atoms with van der Waals surface area (Å²) in [6.45, 7) is 0. The van der Waals surface area contributed by atoms with Gasteiger partial charge in [-0.2, -0.15) is 5.10 Å². The largest absolute Gasteiger partial charge is 0.507 e. The van der Waals surface area contributed by atoms with E-state index in [0.29, 0.717) is 17.2 Å². The Morgan fingerprint density at radius 2 is 1.35 bits per heavy atom. The van der Waals surface area contributed by atoms with Crippen LogP contribution in [0, 0.1) is 0 Å². The van der Waals surface area contributed by atoms with Crippen LogP contribution in [-0.2, 0) is 0 Å². The smallest absolute Gasteiger partial charge is 0.247 e. The second-order valence-corrected chi connectivity index (χ2v) is 9.77. The Bertz CT molecular complexity index is 1570. The Morgan fingerprint density at radius 3 is 2.08 bits per heavy atom. The second kappa shape index (κ2) is 9.99.